The van der Waals surface area contributed by atoms with E-state index in [4.69, 9.17) is 12.2 Å². The quantitative estimate of drug-likeness (QED) is 0.176. The second-order valence-electron chi connectivity index (χ2n) is 12.4. The largest absolute Gasteiger partial charge is 0.477 e. The van der Waals surface area contributed by atoms with Gasteiger partial charge in [-0.1, -0.05) is 30.0 Å². The summed E-state index contributed by atoms with van der Waals surface area (Å²) in [6, 6.07) is 3.28. The van der Waals surface area contributed by atoms with Gasteiger partial charge in [0.05, 0.1) is 17.3 Å². The molecule has 262 valence electrons. The average Bonchev–Trinajstić information content (AvgIpc) is 3.60. The molecule has 2 aromatic heterocycles. The van der Waals surface area contributed by atoms with Crippen LogP contribution in [0.15, 0.2) is 45.8 Å². The fourth-order valence-corrected chi connectivity index (χ4v) is 9.86. The van der Waals surface area contributed by atoms with Crippen LogP contribution in [-0.2, 0) is 20.8 Å². The van der Waals surface area contributed by atoms with Gasteiger partial charge in [-0.3, -0.25) is 19.3 Å². The Bertz CT molecular complexity index is 2050. The number of aromatic carboxylic acids is 1. The zero-order valence-electron chi connectivity index (χ0n) is 26.0. The summed E-state index contributed by atoms with van der Waals surface area (Å²) in [6.07, 6.45) is 3.11. The van der Waals surface area contributed by atoms with Gasteiger partial charge in [-0.25, -0.2) is 18.4 Å². The Kier molecular flexibility index (Phi) is 9.38. The molecule has 4 aliphatic rings. The van der Waals surface area contributed by atoms with E-state index in [0.717, 1.165) is 17.1 Å². The SMILES string of the molecule is O=C(Cc1cccs1)NC1C(=O)N2C(C(=O)O)=C(CSC(=S)NC3CCN(c4c(F)cc5c(=O)c(C(=O)O)cn(C6CC6)c5c4F)C3)CSC12. The number of rotatable bonds is 10. The zero-order chi connectivity index (χ0) is 35.4. The van der Waals surface area contributed by atoms with Crippen molar-refractivity contribution in [2.45, 2.75) is 49.2 Å². The summed E-state index contributed by atoms with van der Waals surface area (Å²) in [6.45, 7) is 0.461. The maximum atomic E-state index is 16.1. The summed E-state index contributed by atoms with van der Waals surface area (Å²) in [5.41, 5.74) is -1.52. The Morgan fingerprint density at radius 2 is 1.88 bits per heavy atom. The predicted molar refractivity (Wildman–Crippen MR) is 190 cm³/mol. The molecule has 12 nitrogen and oxygen atoms in total. The van der Waals surface area contributed by atoms with Gasteiger partial charge in [0.25, 0.3) is 5.91 Å². The molecule has 1 aliphatic carbocycles. The second kappa shape index (κ2) is 13.6. The lowest BCUT2D eigenvalue weighted by Gasteiger charge is -2.49. The third kappa shape index (κ3) is 6.37. The number of pyridine rings is 1. The van der Waals surface area contributed by atoms with Crippen molar-refractivity contribution >= 4 is 91.7 Å². The maximum absolute atomic E-state index is 16.1. The monoisotopic (exact) mass is 761 g/mol. The van der Waals surface area contributed by atoms with Crippen LogP contribution in [0.5, 0.6) is 0 Å². The van der Waals surface area contributed by atoms with E-state index >= 15 is 8.78 Å². The van der Waals surface area contributed by atoms with Gasteiger partial charge in [-0.05, 0) is 42.3 Å². The number of benzene rings is 1. The van der Waals surface area contributed by atoms with Gasteiger partial charge in [0, 0.05) is 47.8 Å². The zero-order valence-corrected chi connectivity index (χ0v) is 29.3. The predicted octanol–water partition coefficient (Wildman–Crippen LogP) is 3.54. The van der Waals surface area contributed by atoms with E-state index < -0.39 is 51.9 Å². The number of thiophene rings is 1. The minimum absolute atomic E-state index is 0.118. The first kappa shape index (κ1) is 34.4. The van der Waals surface area contributed by atoms with Crippen LogP contribution < -0.4 is 21.0 Å². The molecule has 2 amide bonds. The van der Waals surface area contributed by atoms with Gasteiger partial charge in [0.1, 0.15) is 38.5 Å². The number of hydrogen-bond acceptors (Lipinski definition) is 10. The van der Waals surface area contributed by atoms with E-state index in [1.54, 1.807) is 0 Å². The number of carbonyl (C=O) groups excluding carboxylic acids is 2. The molecule has 3 atom stereocenters. The number of β-lactam (4-membered cyclic amide) rings is 1. The van der Waals surface area contributed by atoms with Gasteiger partial charge < -0.3 is 30.3 Å². The second-order valence-corrected chi connectivity index (χ2v) is 16.1. The van der Waals surface area contributed by atoms with Crippen LogP contribution in [0, 0.1) is 11.6 Å². The summed E-state index contributed by atoms with van der Waals surface area (Å²) < 4.78 is 33.3. The molecule has 0 spiro atoms. The number of aliphatic carboxylic acids is 1. The number of carbonyl (C=O) groups is 4. The van der Waals surface area contributed by atoms with Crippen molar-refractivity contribution < 1.29 is 38.2 Å². The summed E-state index contributed by atoms with van der Waals surface area (Å²) in [5, 5.41) is 26.4. The number of carboxylic acids is 2. The van der Waals surface area contributed by atoms with E-state index in [0.29, 0.717) is 34.9 Å². The minimum Gasteiger partial charge on any atom is -0.477 e. The molecule has 3 unspecified atom stereocenters. The first-order chi connectivity index (χ1) is 23.9. The van der Waals surface area contributed by atoms with E-state index in [9.17, 15) is 34.2 Å². The first-order valence-corrected chi connectivity index (χ1v) is 18.9. The molecule has 18 heteroatoms. The normalized spacial score (nSPS) is 21.6. The minimum atomic E-state index is -1.46. The van der Waals surface area contributed by atoms with Gasteiger partial charge in [-0.2, -0.15) is 0 Å². The molecule has 3 aromatic rings. The highest BCUT2D eigenvalue weighted by Gasteiger charge is 2.54. The van der Waals surface area contributed by atoms with Crippen molar-refractivity contribution in [3.8, 4) is 0 Å². The Morgan fingerprint density at radius 1 is 1.10 bits per heavy atom. The fraction of sp³-hybridized carbons (Fsp3) is 0.375. The van der Waals surface area contributed by atoms with Crippen LogP contribution in [0.1, 0.15) is 40.5 Å². The highest BCUT2D eigenvalue weighted by Crippen LogP contribution is 2.42. The van der Waals surface area contributed by atoms with E-state index in [1.165, 1.54) is 49.2 Å². The molecule has 4 N–H and O–H groups in total. The number of carboxylic acid groups (broad SMARTS) is 2. The van der Waals surface area contributed by atoms with Crippen LogP contribution in [0.4, 0.5) is 14.5 Å². The lowest BCUT2D eigenvalue weighted by molar-refractivity contribution is -0.150. The van der Waals surface area contributed by atoms with Crippen LogP contribution >= 0.6 is 47.1 Å². The molecule has 2 saturated heterocycles. The lowest BCUT2D eigenvalue weighted by Crippen LogP contribution is -2.70. The average molecular weight is 762 g/mol. The molecule has 1 saturated carbocycles. The topological polar surface area (TPSA) is 161 Å². The maximum Gasteiger partial charge on any atom is 0.352 e. The molecule has 3 fully saturated rings. The highest BCUT2D eigenvalue weighted by atomic mass is 32.2. The number of anilines is 1. The first-order valence-electron chi connectivity index (χ1n) is 15.6. The van der Waals surface area contributed by atoms with Crippen molar-refractivity contribution in [3.63, 3.8) is 0 Å². The smallest absolute Gasteiger partial charge is 0.352 e. The number of halogens is 2. The van der Waals surface area contributed by atoms with Crippen LogP contribution in [0.3, 0.4) is 0 Å². The third-order valence-electron chi connectivity index (χ3n) is 9.04. The van der Waals surface area contributed by atoms with Crippen molar-refractivity contribution in [2.75, 3.05) is 29.5 Å². The van der Waals surface area contributed by atoms with Crippen molar-refractivity contribution in [1.29, 1.82) is 0 Å². The van der Waals surface area contributed by atoms with E-state index in [2.05, 4.69) is 10.6 Å². The summed E-state index contributed by atoms with van der Waals surface area (Å²) >= 11 is 9.51. The number of thiocarbonyl (C=S) groups is 1. The Hall–Kier alpha value is -4.00. The van der Waals surface area contributed by atoms with Gasteiger partial charge in [-0.15, -0.1) is 23.1 Å². The van der Waals surface area contributed by atoms with Crippen LogP contribution in [0.25, 0.3) is 10.9 Å². The summed E-state index contributed by atoms with van der Waals surface area (Å²) in [7, 11) is 0. The van der Waals surface area contributed by atoms with Gasteiger partial charge in [0.2, 0.25) is 11.3 Å². The molecule has 3 aliphatic heterocycles. The highest BCUT2D eigenvalue weighted by molar-refractivity contribution is 8.23. The fourth-order valence-electron chi connectivity index (χ4n) is 6.55. The van der Waals surface area contributed by atoms with Crippen molar-refractivity contribution in [2.24, 2.45) is 0 Å². The molecular formula is C32H29F2N5O7S4. The Morgan fingerprint density at radius 3 is 2.56 bits per heavy atom. The Balaban J connectivity index is 0.994. The standard InChI is InChI=1S/C32H29F2N5O7S4/c33-20-9-18-25(38(16-3-4-16)11-19(27(18)41)30(43)44)22(34)26(20)37-6-5-15(10-37)35-32(47)50-13-14-12-49-29-23(28(42)39(29)24(14)31(45)46)36-21(40)8-17-2-1-7-48-17/h1-2,7,9,11,15-16,23,29H,3-6,8,10,12-13H2,(H,35,47)(H,36,40)(H,43,44)(H,45,46). The molecular weight excluding hydrogens is 733 g/mol. The molecule has 5 heterocycles. The van der Waals surface area contributed by atoms with Crippen molar-refractivity contribution in [3.05, 3.63) is 73.3 Å². The van der Waals surface area contributed by atoms with Crippen LogP contribution in [0.2, 0.25) is 0 Å². The van der Waals surface area contributed by atoms with Crippen molar-refractivity contribution in [1.82, 2.24) is 20.1 Å². The Labute approximate surface area is 300 Å². The molecule has 1 aromatic carbocycles. The number of thioether (sulfide) groups is 2. The van der Waals surface area contributed by atoms with E-state index in [-0.39, 0.29) is 65.5 Å². The molecule has 0 bridgehead atoms. The van der Waals surface area contributed by atoms with Gasteiger partial charge >= 0.3 is 11.9 Å². The molecule has 0 radical (unpaired) electrons. The van der Waals surface area contributed by atoms with E-state index in [1.807, 2.05) is 17.5 Å². The van der Waals surface area contributed by atoms with Crippen LogP contribution in [-0.4, -0.2) is 89.8 Å². The molecule has 7 rings (SSSR count). The number of aromatic nitrogens is 1. The number of amides is 2. The third-order valence-corrected chi connectivity index (χ3v) is 12.6. The molecule has 50 heavy (non-hydrogen) atoms. The van der Waals surface area contributed by atoms with Gasteiger partial charge in [0.15, 0.2) is 5.82 Å². The number of nitrogens with one attached hydrogen (secondary N) is 2. The number of fused-ring (bicyclic) bond motifs is 2. The summed E-state index contributed by atoms with van der Waals surface area (Å²) in [4.78, 5) is 65.9. The number of hydrogen-bond donors (Lipinski definition) is 4. The summed E-state index contributed by atoms with van der Waals surface area (Å²) in [5.74, 6) is -4.90. The number of nitrogens with zero attached hydrogens (tertiary/aromatic N) is 3. The lowest BCUT2D eigenvalue weighted by atomic mass is 10.0.